The Hall–Kier alpha value is -8.98. The van der Waals surface area contributed by atoms with E-state index in [9.17, 15) is 0 Å². The highest BCUT2D eigenvalue weighted by Crippen LogP contribution is 2.42. The molecule has 1 aromatic heterocycles. The lowest BCUT2D eigenvalue weighted by Crippen LogP contribution is -2.10. The van der Waals surface area contributed by atoms with E-state index < -0.39 is 0 Å². The maximum atomic E-state index is 6.29. The fourth-order valence-corrected chi connectivity index (χ4v) is 10.2. The van der Waals surface area contributed by atoms with Crippen molar-refractivity contribution in [3.05, 3.63) is 261 Å². The molecule has 2 heteroatoms. The van der Waals surface area contributed by atoms with Gasteiger partial charge in [-0.05, 0) is 155 Å². The van der Waals surface area contributed by atoms with Gasteiger partial charge in [0, 0.05) is 27.8 Å². The summed E-state index contributed by atoms with van der Waals surface area (Å²) in [6.07, 6.45) is 0. The summed E-state index contributed by atoms with van der Waals surface area (Å²) in [5, 5.41) is 9.84. The van der Waals surface area contributed by atoms with Gasteiger partial charge >= 0.3 is 0 Å². The third-order valence-electron chi connectivity index (χ3n) is 13.7. The largest absolute Gasteiger partial charge is 0.456 e. The lowest BCUT2D eigenvalue weighted by molar-refractivity contribution is 0.669. The molecule has 0 fully saturated rings. The first-order valence-electron chi connectivity index (χ1n) is 23.3. The Morgan fingerprint density at radius 3 is 1.03 bits per heavy atom. The van der Waals surface area contributed by atoms with Crippen LogP contribution in [0.1, 0.15) is 0 Å². The molecule has 0 atom stereocenters. The number of anilines is 3. The molecular formula is C66H43NO. The average Bonchev–Trinajstić information content (AvgIpc) is 3.79. The molecule has 0 spiro atoms. The van der Waals surface area contributed by atoms with Crippen LogP contribution in [0.5, 0.6) is 0 Å². The Morgan fingerprint density at radius 2 is 0.515 bits per heavy atom. The first-order valence-corrected chi connectivity index (χ1v) is 23.3. The van der Waals surface area contributed by atoms with Crippen molar-refractivity contribution in [2.75, 3.05) is 4.90 Å². The minimum absolute atomic E-state index is 0.898. The summed E-state index contributed by atoms with van der Waals surface area (Å²) in [6.45, 7) is 0. The molecule has 2 nitrogen and oxygen atoms in total. The Labute approximate surface area is 395 Å². The van der Waals surface area contributed by atoms with E-state index in [1.165, 1.54) is 82.4 Å². The van der Waals surface area contributed by atoms with Crippen LogP contribution in [0.3, 0.4) is 0 Å². The van der Waals surface area contributed by atoms with Crippen LogP contribution in [0.2, 0.25) is 0 Å². The molecule has 13 aromatic rings. The molecule has 0 N–H and O–H groups in total. The van der Waals surface area contributed by atoms with Crippen molar-refractivity contribution in [2.45, 2.75) is 0 Å². The van der Waals surface area contributed by atoms with Gasteiger partial charge in [0.15, 0.2) is 0 Å². The van der Waals surface area contributed by atoms with E-state index in [4.69, 9.17) is 4.42 Å². The highest BCUT2D eigenvalue weighted by Gasteiger charge is 2.17. The molecule has 0 amide bonds. The second-order valence-corrected chi connectivity index (χ2v) is 17.7. The molecule has 0 saturated carbocycles. The van der Waals surface area contributed by atoms with Crippen LogP contribution in [-0.4, -0.2) is 0 Å². The topological polar surface area (TPSA) is 16.4 Å². The van der Waals surface area contributed by atoms with E-state index >= 15 is 0 Å². The summed E-state index contributed by atoms with van der Waals surface area (Å²) in [5.74, 6) is 0. The second-order valence-electron chi connectivity index (χ2n) is 17.7. The van der Waals surface area contributed by atoms with Gasteiger partial charge < -0.3 is 9.32 Å². The van der Waals surface area contributed by atoms with Crippen molar-refractivity contribution >= 4 is 71.3 Å². The van der Waals surface area contributed by atoms with E-state index in [1.807, 2.05) is 0 Å². The first-order chi connectivity index (χ1) is 33.7. The van der Waals surface area contributed by atoms with E-state index in [0.717, 1.165) is 44.6 Å². The van der Waals surface area contributed by atoms with Crippen molar-refractivity contribution in [2.24, 2.45) is 0 Å². The number of nitrogens with zero attached hydrogens (tertiary/aromatic N) is 1. The molecule has 318 valence electrons. The summed E-state index contributed by atoms with van der Waals surface area (Å²) >= 11 is 0. The van der Waals surface area contributed by atoms with Crippen LogP contribution in [-0.2, 0) is 0 Å². The van der Waals surface area contributed by atoms with Gasteiger partial charge in [-0.25, -0.2) is 0 Å². The van der Waals surface area contributed by atoms with Crippen LogP contribution in [0, 0.1) is 0 Å². The lowest BCUT2D eigenvalue weighted by atomic mass is 9.94. The zero-order valence-electron chi connectivity index (χ0n) is 37.2. The molecule has 13 rings (SSSR count). The highest BCUT2D eigenvalue weighted by molar-refractivity contribution is 6.25. The molecule has 0 radical (unpaired) electrons. The molecule has 0 aliphatic carbocycles. The van der Waals surface area contributed by atoms with Crippen LogP contribution in [0.25, 0.3) is 110 Å². The van der Waals surface area contributed by atoms with Gasteiger partial charge in [-0.2, -0.15) is 0 Å². The van der Waals surface area contributed by atoms with Gasteiger partial charge in [0.1, 0.15) is 11.2 Å². The van der Waals surface area contributed by atoms with Gasteiger partial charge in [0.25, 0.3) is 0 Å². The summed E-state index contributed by atoms with van der Waals surface area (Å²) in [7, 11) is 0. The van der Waals surface area contributed by atoms with Crippen molar-refractivity contribution in [3.63, 3.8) is 0 Å². The van der Waals surface area contributed by atoms with E-state index in [-0.39, 0.29) is 0 Å². The monoisotopic (exact) mass is 865 g/mol. The minimum Gasteiger partial charge on any atom is -0.456 e. The quantitative estimate of drug-likeness (QED) is 0.142. The maximum absolute atomic E-state index is 6.29. The Balaban J connectivity index is 0.823. The first kappa shape index (κ1) is 39.4. The van der Waals surface area contributed by atoms with Crippen LogP contribution in [0.4, 0.5) is 17.1 Å². The summed E-state index contributed by atoms with van der Waals surface area (Å²) < 4.78 is 6.29. The Morgan fingerprint density at radius 1 is 0.191 bits per heavy atom. The van der Waals surface area contributed by atoms with Crippen molar-refractivity contribution in [3.8, 4) is 55.6 Å². The van der Waals surface area contributed by atoms with Crippen LogP contribution >= 0.6 is 0 Å². The zero-order chi connectivity index (χ0) is 45.0. The van der Waals surface area contributed by atoms with Crippen LogP contribution in [0.15, 0.2) is 265 Å². The van der Waals surface area contributed by atoms with E-state index in [0.29, 0.717) is 0 Å². The van der Waals surface area contributed by atoms with Crippen molar-refractivity contribution in [1.29, 1.82) is 0 Å². The van der Waals surface area contributed by atoms with Crippen LogP contribution < -0.4 is 4.90 Å². The Kier molecular flexibility index (Phi) is 9.54. The molecule has 0 bridgehead atoms. The van der Waals surface area contributed by atoms with Gasteiger partial charge in [0.05, 0.1) is 0 Å². The number of benzene rings is 12. The standard InChI is InChI=1S/C66H43NO/c1-3-12-44(13-4-1)47-26-32-54(33-27-47)67(56-36-37-61-59-20-8-7-18-57(59)58-19-9-10-21-60(58)62(61)43-56)55-34-28-48(29-35-55)46-22-24-49(25-23-46)50-16-11-17-51(40-50)53-31-39-66-64(42-53)63-41-52(30-38-65(63)68-66)45-14-5-2-6-15-45/h1-43H. The van der Waals surface area contributed by atoms with Crippen molar-refractivity contribution < 1.29 is 4.42 Å². The summed E-state index contributed by atoms with van der Waals surface area (Å²) in [5.41, 5.74) is 16.9. The summed E-state index contributed by atoms with van der Waals surface area (Å²) in [6, 6.07) is 94.4. The molecule has 0 unspecified atom stereocenters. The molecule has 0 saturated heterocycles. The van der Waals surface area contributed by atoms with E-state index in [2.05, 4.69) is 266 Å². The predicted molar refractivity (Wildman–Crippen MR) is 288 cm³/mol. The highest BCUT2D eigenvalue weighted by atomic mass is 16.3. The molecule has 0 aliphatic rings. The number of furan rings is 1. The normalized spacial score (nSPS) is 11.5. The molecule has 0 aliphatic heterocycles. The number of hydrogen-bond donors (Lipinski definition) is 0. The minimum atomic E-state index is 0.898. The van der Waals surface area contributed by atoms with Crippen molar-refractivity contribution in [1.82, 2.24) is 0 Å². The van der Waals surface area contributed by atoms with Gasteiger partial charge in [0.2, 0.25) is 0 Å². The SMILES string of the molecule is c1ccc(-c2ccc(N(c3ccc(-c4ccc(-c5cccc(-c6ccc7oc8ccc(-c9ccccc9)cc8c7c6)c5)cc4)cc3)c3ccc4c5ccccc5c5ccccc5c4c3)cc2)cc1. The fourth-order valence-electron chi connectivity index (χ4n) is 10.2. The lowest BCUT2D eigenvalue weighted by Gasteiger charge is -2.26. The smallest absolute Gasteiger partial charge is 0.135 e. The molecule has 12 aromatic carbocycles. The third kappa shape index (κ3) is 6.99. The fraction of sp³-hybridized carbons (Fsp3) is 0. The summed E-state index contributed by atoms with van der Waals surface area (Å²) in [4.78, 5) is 2.38. The van der Waals surface area contributed by atoms with Gasteiger partial charge in [-0.3, -0.25) is 0 Å². The maximum Gasteiger partial charge on any atom is 0.135 e. The Bertz CT molecular complexity index is 3950. The third-order valence-corrected chi connectivity index (χ3v) is 13.7. The molecular weight excluding hydrogens is 823 g/mol. The zero-order valence-corrected chi connectivity index (χ0v) is 37.2. The number of fused-ring (bicyclic) bond motifs is 9. The van der Waals surface area contributed by atoms with Gasteiger partial charge in [-0.1, -0.05) is 194 Å². The van der Waals surface area contributed by atoms with E-state index in [1.54, 1.807) is 0 Å². The number of rotatable bonds is 8. The second kappa shape index (κ2) is 16.5. The number of hydrogen-bond acceptors (Lipinski definition) is 2. The average molecular weight is 866 g/mol. The molecule has 1 heterocycles. The molecule has 68 heavy (non-hydrogen) atoms. The van der Waals surface area contributed by atoms with Gasteiger partial charge in [-0.15, -0.1) is 0 Å². The predicted octanol–water partition coefficient (Wildman–Crippen LogP) is 18.9.